The SMILES string of the molecule is CC(C)(C)OC(=O)n1cc(-c2cnn(Cc3ccccc3)c2)c2cc(Br)cnc21. The minimum Gasteiger partial charge on any atom is -0.443 e. The van der Waals surface area contributed by atoms with Gasteiger partial charge in [0, 0.05) is 39.6 Å². The van der Waals surface area contributed by atoms with Gasteiger partial charge in [0.25, 0.3) is 0 Å². The van der Waals surface area contributed by atoms with E-state index in [0.29, 0.717) is 12.2 Å². The van der Waals surface area contributed by atoms with Gasteiger partial charge >= 0.3 is 6.09 Å². The van der Waals surface area contributed by atoms with Gasteiger partial charge in [-0.05, 0) is 48.3 Å². The van der Waals surface area contributed by atoms with Gasteiger partial charge in [-0.1, -0.05) is 30.3 Å². The fourth-order valence-electron chi connectivity index (χ4n) is 3.12. The summed E-state index contributed by atoms with van der Waals surface area (Å²) in [5.41, 5.74) is 2.91. The molecular weight excluding hydrogens is 432 g/mol. The van der Waals surface area contributed by atoms with Gasteiger partial charge in [-0.3, -0.25) is 4.68 Å². The zero-order chi connectivity index (χ0) is 20.6. The molecule has 0 atom stereocenters. The van der Waals surface area contributed by atoms with Crippen LogP contribution in [-0.4, -0.2) is 31.0 Å². The summed E-state index contributed by atoms with van der Waals surface area (Å²) in [6.45, 7) is 6.20. The van der Waals surface area contributed by atoms with E-state index >= 15 is 0 Å². The molecule has 0 aliphatic carbocycles. The van der Waals surface area contributed by atoms with Crippen LogP contribution in [-0.2, 0) is 11.3 Å². The van der Waals surface area contributed by atoms with E-state index in [4.69, 9.17) is 4.74 Å². The second-order valence-corrected chi connectivity index (χ2v) is 8.75. The monoisotopic (exact) mass is 452 g/mol. The van der Waals surface area contributed by atoms with E-state index in [-0.39, 0.29) is 0 Å². The van der Waals surface area contributed by atoms with Crippen LogP contribution in [0.1, 0.15) is 26.3 Å². The van der Waals surface area contributed by atoms with Crippen LogP contribution < -0.4 is 0 Å². The number of aromatic nitrogens is 4. The average molecular weight is 453 g/mol. The summed E-state index contributed by atoms with van der Waals surface area (Å²) < 4.78 is 9.72. The second-order valence-electron chi connectivity index (χ2n) is 7.83. The maximum absolute atomic E-state index is 12.7. The standard InChI is InChI=1S/C22H21BrN4O2/c1-22(2,3)29-21(28)27-14-19(18-9-17(23)11-24-20(18)27)16-10-25-26(13-16)12-15-7-5-4-6-8-15/h4-11,13-14H,12H2,1-3H3. The molecule has 0 saturated carbocycles. The van der Waals surface area contributed by atoms with E-state index in [0.717, 1.165) is 21.0 Å². The van der Waals surface area contributed by atoms with Gasteiger partial charge in [-0.25, -0.2) is 14.3 Å². The van der Waals surface area contributed by atoms with Crippen LogP contribution in [0.3, 0.4) is 0 Å². The molecule has 29 heavy (non-hydrogen) atoms. The molecule has 0 aliphatic rings. The summed E-state index contributed by atoms with van der Waals surface area (Å²) in [4.78, 5) is 17.2. The predicted molar refractivity (Wildman–Crippen MR) is 116 cm³/mol. The van der Waals surface area contributed by atoms with Crippen LogP contribution >= 0.6 is 15.9 Å². The molecule has 3 aromatic heterocycles. The molecule has 0 saturated heterocycles. The highest BCUT2D eigenvalue weighted by molar-refractivity contribution is 9.10. The quantitative estimate of drug-likeness (QED) is 0.411. The fourth-order valence-corrected chi connectivity index (χ4v) is 3.45. The van der Waals surface area contributed by atoms with E-state index in [1.807, 2.05) is 55.9 Å². The normalized spacial score (nSPS) is 11.7. The number of ether oxygens (including phenoxy) is 1. The number of carbonyl (C=O) groups excluding carboxylic acids is 1. The predicted octanol–water partition coefficient (Wildman–Crippen LogP) is 5.49. The Kier molecular flexibility index (Phi) is 5.00. The summed E-state index contributed by atoms with van der Waals surface area (Å²) in [6, 6.07) is 12.1. The van der Waals surface area contributed by atoms with Crippen LogP contribution in [0.4, 0.5) is 4.79 Å². The van der Waals surface area contributed by atoms with Crippen molar-refractivity contribution in [1.82, 2.24) is 19.3 Å². The van der Waals surface area contributed by atoms with Crippen molar-refractivity contribution < 1.29 is 9.53 Å². The summed E-state index contributed by atoms with van der Waals surface area (Å²) >= 11 is 3.47. The second kappa shape index (κ2) is 7.48. The smallest absolute Gasteiger partial charge is 0.420 e. The van der Waals surface area contributed by atoms with E-state index < -0.39 is 11.7 Å². The molecule has 0 unspecified atom stereocenters. The zero-order valence-electron chi connectivity index (χ0n) is 16.5. The third kappa shape index (κ3) is 4.24. The Hall–Kier alpha value is -2.93. The summed E-state index contributed by atoms with van der Waals surface area (Å²) in [5, 5.41) is 5.34. The molecule has 4 rings (SSSR count). The third-order valence-electron chi connectivity index (χ3n) is 4.33. The van der Waals surface area contributed by atoms with E-state index in [2.05, 4.69) is 38.1 Å². The summed E-state index contributed by atoms with van der Waals surface area (Å²) in [7, 11) is 0. The number of pyridine rings is 1. The molecule has 148 valence electrons. The Balaban J connectivity index is 1.74. The van der Waals surface area contributed by atoms with Crippen molar-refractivity contribution in [3.05, 3.63) is 71.2 Å². The molecule has 6 nitrogen and oxygen atoms in total. The maximum atomic E-state index is 12.7. The van der Waals surface area contributed by atoms with Gasteiger partial charge in [-0.2, -0.15) is 5.10 Å². The van der Waals surface area contributed by atoms with Crippen molar-refractivity contribution in [1.29, 1.82) is 0 Å². The van der Waals surface area contributed by atoms with E-state index in [9.17, 15) is 4.79 Å². The van der Waals surface area contributed by atoms with Crippen molar-refractivity contribution in [2.45, 2.75) is 32.9 Å². The molecule has 0 N–H and O–H groups in total. The molecular formula is C22H21BrN4O2. The molecule has 0 bridgehead atoms. The Morgan fingerprint density at radius 2 is 1.90 bits per heavy atom. The Bertz CT molecular complexity index is 1170. The van der Waals surface area contributed by atoms with Crippen LogP contribution in [0.2, 0.25) is 0 Å². The average Bonchev–Trinajstić information content (AvgIpc) is 3.25. The molecule has 1 aromatic carbocycles. The van der Waals surface area contributed by atoms with Gasteiger partial charge in [0.05, 0.1) is 12.7 Å². The number of benzene rings is 1. The number of nitrogens with zero attached hydrogens (tertiary/aromatic N) is 4. The Morgan fingerprint density at radius 3 is 2.62 bits per heavy atom. The van der Waals surface area contributed by atoms with Crippen LogP contribution in [0.25, 0.3) is 22.2 Å². The van der Waals surface area contributed by atoms with Crippen molar-refractivity contribution in [3.8, 4) is 11.1 Å². The summed E-state index contributed by atoms with van der Waals surface area (Å²) in [5.74, 6) is 0. The van der Waals surface area contributed by atoms with E-state index in [1.54, 1.807) is 18.6 Å². The highest BCUT2D eigenvalue weighted by Gasteiger charge is 2.22. The van der Waals surface area contributed by atoms with Crippen LogP contribution in [0.15, 0.2) is 65.7 Å². The van der Waals surface area contributed by atoms with Gasteiger partial charge in [0.2, 0.25) is 0 Å². The van der Waals surface area contributed by atoms with Crippen molar-refractivity contribution >= 4 is 33.1 Å². The Morgan fingerprint density at radius 1 is 1.14 bits per heavy atom. The fraction of sp³-hybridized carbons (Fsp3) is 0.227. The van der Waals surface area contributed by atoms with Crippen molar-refractivity contribution in [2.75, 3.05) is 0 Å². The lowest BCUT2D eigenvalue weighted by atomic mass is 10.1. The van der Waals surface area contributed by atoms with Crippen LogP contribution in [0, 0.1) is 0 Å². The lowest BCUT2D eigenvalue weighted by Crippen LogP contribution is -2.26. The number of halogens is 1. The topological polar surface area (TPSA) is 61.9 Å². The molecule has 7 heteroatoms. The van der Waals surface area contributed by atoms with E-state index in [1.165, 1.54) is 10.1 Å². The first-order chi connectivity index (χ1) is 13.8. The number of fused-ring (bicyclic) bond motifs is 1. The van der Waals surface area contributed by atoms with Crippen molar-refractivity contribution in [3.63, 3.8) is 0 Å². The molecule has 0 radical (unpaired) electrons. The molecule has 4 aromatic rings. The highest BCUT2D eigenvalue weighted by Crippen LogP contribution is 2.32. The Labute approximate surface area is 177 Å². The number of carbonyl (C=O) groups is 1. The number of hydrogen-bond donors (Lipinski definition) is 0. The lowest BCUT2D eigenvalue weighted by molar-refractivity contribution is 0.0544. The minimum atomic E-state index is -0.593. The first-order valence-corrected chi connectivity index (χ1v) is 10.1. The molecule has 0 fully saturated rings. The molecule has 0 amide bonds. The first-order valence-electron chi connectivity index (χ1n) is 9.27. The third-order valence-corrected chi connectivity index (χ3v) is 4.77. The zero-order valence-corrected chi connectivity index (χ0v) is 18.0. The van der Waals surface area contributed by atoms with Gasteiger partial charge in [-0.15, -0.1) is 0 Å². The van der Waals surface area contributed by atoms with Gasteiger partial charge in [0.1, 0.15) is 11.2 Å². The minimum absolute atomic E-state index is 0.458. The van der Waals surface area contributed by atoms with Crippen LogP contribution in [0.5, 0.6) is 0 Å². The molecule has 0 aliphatic heterocycles. The highest BCUT2D eigenvalue weighted by atomic mass is 79.9. The molecule has 3 heterocycles. The van der Waals surface area contributed by atoms with Gasteiger partial charge < -0.3 is 4.74 Å². The maximum Gasteiger partial charge on any atom is 0.420 e. The lowest BCUT2D eigenvalue weighted by Gasteiger charge is -2.19. The molecule has 0 spiro atoms. The largest absolute Gasteiger partial charge is 0.443 e. The first kappa shape index (κ1) is 19.4. The van der Waals surface area contributed by atoms with Crippen molar-refractivity contribution in [2.24, 2.45) is 0 Å². The number of rotatable bonds is 3. The van der Waals surface area contributed by atoms with Gasteiger partial charge in [0.15, 0.2) is 0 Å². The summed E-state index contributed by atoms with van der Waals surface area (Å²) in [6.07, 6.45) is 6.76. The number of hydrogen-bond acceptors (Lipinski definition) is 4.